The summed E-state index contributed by atoms with van der Waals surface area (Å²) in [6.45, 7) is 4.21. The van der Waals surface area contributed by atoms with Gasteiger partial charge in [-0.1, -0.05) is 18.2 Å². The third-order valence-electron chi connectivity index (χ3n) is 7.87. The zero-order valence-electron chi connectivity index (χ0n) is 18.2. The first-order valence-electron chi connectivity index (χ1n) is 11.1. The Morgan fingerprint density at radius 1 is 1.09 bits per heavy atom. The zero-order chi connectivity index (χ0) is 23.2. The van der Waals surface area contributed by atoms with E-state index in [0.29, 0.717) is 17.8 Å². The number of nitrogens with zero attached hydrogens (tertiary/aromatic N) is 3. The van der Waals surface area contributed by atoms with Crippen LogP contribution in [-0.4, -0.2) is 40.1 Å². The molecule has 3 fully saturated rings. The van der Waals surface area contributed by atoms with Gasteiger partial charge in [0, 0.05) is 29.4 Å². The minimum absolute atomic E-state index is 0.103. The summed E-state index contributed by atoms with van der Waals surface area (Å²) in [5.74, 6) is -2.47. The van der Waals surface area contributed by atoms with Gasteiger partial charge in [0.05, 0.1) is 22.4 Å². The van der Waals surface area contributed by atoms with Crippen molar-refractivity contribution in [3.63, 3.8) is 0 Å². The van der Waals surface area contributed by atoms with Gasteiger partial charge in [0.1, 0.15) is 5.54 Å². The molecule has 1 spiro atoms. The summed E-state index contributed by atoms with van der Waals surface area (Å²) in [6, 6.07) is 9.60. The maximum absolute atomic E-state index is 14.0. The van der Waals surface area contributed by atoms with Gasteiger partial charge >= 0.3 is 0 Å². The van der Waals surface area contributed by atoms with Crippen LogP contribution in [0.2, 0.25) is 0 Å². The smallest absolute Gasteiger partial charge is 0.269 e. The van der Waals surface area contributed by atoms with Gasteiger partial charge in [-0.25, -0.2) is 4.90 Å². The van der Waals surface area contributed by atoms with E-state index in [4.69, 9.17) is 0 Å². The normalized spacial score (nSPS) is 30.1. The van der Waals surface area contributed by atoms with Crippen molar-refractivity contribution in [2.45, 2.75) is 38.3 Å². The number of carbonyl (C=O) groups excluding carboxylic acids is 3. The van der Waals surface area contributed by atoms with E-state index in [2.05, 4.69) is 10.2 Å². The van der Waals surface area contributed by atoms with E-state index in [1.807, 2.05) is 25.1 Å². The molecule has 2 aromatic rings. The minimum atomic E-state index is -1.22. The van der Waals surface area contributed by atoms with Gasteiger partial charge in [-0.15, -0.1) is 0 Å². The van der Waals surface area contributed by atoms with Crippen LogP contribution in [-0.2, 0) is 19.9 Å². The lowest BCUT2D eigenvalue weighted by molar-refractivity contribution is -0.384. The zero-order valence-corrected chi connectivity index (χ0v) is 18.2. The number of para-hydroxylation sites is 1. The molecule has 4 heterocycles. The molecule has 4 aliphatic rings. The third kappa shape index (κ3) is 2.27. The molecule has 6 rings (SSSR count). The third-order valence-corrected chi connectivity index (χ3v) is 7.87. The molecule has 168 valence electrons. The number of aryl methyl sites for hydroxylation is 2. The summed E-state index contributed by atoms with van der Waals surface area (Å²) in [6.07, 6.45) is 1.59. The van der Waals surface area contributed by atoms with Crippen molar-refractivity contribution in [3.8, 4) is 0 Å². The van der Waals surface area contributed by atoms with Crippen molar-refractivity contribution in [2.24, 2.45) is 11.8 Å². The fourth-order valence-electron chi connectivity index (χ4n) is 6.62. The second-order valence-corrected chi connectivity index (χ2v) is 9.36. The Balaban J connectivity index is 1.53. The Kier molecular flexibility index (Phi) is 3.93. The Morgan fingerprint density at radius 3 is 2.61 bits per heavy atom. The molecule has 0 aromatic heterocycles. The summed E-state index contributed by atoms with van der Waals surface area (Å²) in [5, 5.41) is 14.2. The molecule has 2 aromatic carbocycles. The number of rotatable bonds is 2. The van der Waals surface area contributed by atoms with Gasteiger partial charge in [0.25, 0.3) is 5.69 Å². The van der Waals surface area contributed by atoms with Gasteiger partial charge in [-0.05, 0) is 50.4 Å². The van der Waals surface area contributed by atoms with E-state index < -0.39 is 28.2 Å². The van der Waals surface area contributed by atoms with Gasteiger partial charge in [-0.2, -0.15) is 0 Å². The van der Waals surface area contributed by atoms with Crippen molar-refractivity contribution in [1.82, 2.24) is 4.90 Å². The van der Waals surface area contributed by atoms with Crippen LogP contribution in [0.3, 0.4) is 0 Å². The molecule has 33 heavy (non-hydrogen) atoms. The first-order chi connectivity index (χ1) is 15.8. The van der Waals surface area contributed by atoms with Crippen LogP contribution in [0.1, 0.15) is 29.5 Å². The van der Waals surface area contributed by atoms with Crippen LogP contribution in [0.15, 0.2) is 36.4 Å². The number of anilines is 2. The average Bonchev–Trinajstić information content (AvgIpc) is 3.48. The fraction of sp³-hybridized carbons (Fsp3) is 0.375. The number of nitro groups is 1. The molecule has 0 bridgehead atoms. The van der Waals surface area contributed by atoms with Crippen molar-refractivity contribution < 1.29 is 19.3 Å². The maximum atomic E-state index is 14.0. The Bertz CT molecular complexity index is 1290. The second-order valence-electron chi connectivity index (χ2n) is 9.36. The number of non-ortho nitro benzene ring substituents is 1. The quantitative estimate of drug-likeness (QED) is 0.431. The van der Waals surface area contributed by atoms with Gasteiger partial charge in [-0.3, -0.25) is 29.4 Å². The largest absolute Gasteiger partial charge is 0.324 e. The number of fused-ring (bicyclic) bond motifs is 7. The highest BCUT2D eigenvalue weighted by molar-refractivity contribution is 6.26. The first kappa shape index (κ1) is 20.0. The monoisotopic (exact) mass is 446 g/mol. The molecule has 4 atom stereocenters. The number of carbonyl (C=O) groups is 3. The lowest BCUT2D eigenvalue weighted by Gasteiger charge is -2.36. The molecular formula is C24H22N4O5. The fourth-order valence-corrected chi connectivity index (χ4v) is 6.62. The van der Waals surface area contributed by atoms with Crippen LogP contribution in [0.5, 0.6) is 0 Å². The number of hydrogen-bond acceptors (Lipinski definition) is 6. The summed E-state index contributed by atoms with van der Waals surface area (Å²) < 4.78 is 0. The molecule has 1 N–H and O–H groups in total. The van der Waals surface area contributed by atoms with Crippen LogP contribution in [0.4, 0.5) is 17.1 Å². The highest BCUT2D eigenvalue weighted by atomic mass is 16.6. The number of benzene rings is 2. The van der Waals surface area contributed by atoms with Crippen molar-refractivity contribution in [1.29, 1.82) is 0 Å². The SMILES string of the molecule is Cc1cc([N+](=O)[O-])ccc1N1C(=O)[C@@H]2[C@H]3CCCN3[C@@]3(C(=O)Nc4c(C)cccc43)[C@H]2C1=O. The van der Waals surface area contributed by atoms with Gasteiger partial charge in [0.15, 0.2) is 0 Å². The number of hydrogen-bond donors (Lipinski definition) is 1. The lowest BCUT2D eigenvalue weighted by atomic mass is 9.75. The highest BCUT2D eigenvalue weighted by Crippen LogP contribution is 2.61. The molecule has 3 amide bonds. The Labute approximate surface area is 189 Å². The molecule has 0 saturated carbocycles. The van der Waals surface area contributed by atoms with Crippen LogP contribution < -0.4 is 10.2 Å². The molecule has 0 unspecified atom stereocenters. The second kappa shape index (κ2) is 6.48. The molecule has 3 saturated heterocycles. The molecule has 4 aliphatic heterocycles. The molecular weight excluding hydrogens is 424 g/mol. The maximum Gasteiger partial charge on any atom is 0.269 e. The van der Waals surface area contributed by atoms with Crippen LogP contribution >= 0.6 is 0 Å². The number of nitro benzene ring substituents is 1. The Morgan fingerprint density at radius 2 is 1.88 bits per heavy atom. The van der Waals surface area contributed by atoms with Gasteiger partial charge in [0.2, 0.25) is 17.7 Å². The van der Waals surface area contributed by atoms with E-state index in [1.165, 1.54) is 18.2 Å². The summed E-state index contributed by atoms with van der Waals surface area (Å²) in [5.41, 5.74) is 1.88. The van der Waals surface area contributed by atoms with E-state index in [1.54, 1.807) is 6.92 Å². The first-order valence-corrected chi connectivity index (χ1v) is 11.1. The van der Waals surface area contributed by atoms with Crippen molar-refractivity contribution in [2.75, 3.05) is 16.8 Å². The summed E-state index contributed by atoms with van der Waals surface area (Å²) in [7, 11) is 0. The summed E-state index contributed by atoms with van der Waals surface area (Å²) >= 11 is 0. The predicted octanol–water partition coefficient (Wildman–Crippen LogP) is 2.64. The Hall–Kier alpha value is -3.59. The van der Waals surface area contributed by atoms with Crippen molar-refractivity contribution >= 4 is 34.8 Å². The van der Waals surface area contributed by atoms with Crippen LogP contribution in [0, 0.1) is 35.8 Å². The minimum Gasteiger partial charge on any atom is -0.324 e. The van der Waals surface area contributed by atoms with Gasteiger partial charge < -0.3 is 5.32 Å². The van der Waals surface area contributed by atoms with E-state index in [0.717, 1.165) is 34.6 Å². The predicted molar refractivity (Wildman–Crippen MR) is 119 cm³/mol. The standard InChI is InChI=1S/C24H22N4O5/c1-12-5-3-6-15-20(12)25-23(31)24(15)19-18(17-7-4-10-26(17)24)21(29)27(22(19)30)16-9-8-14(28(32)33)11-13(16)2/h3,5-6,8-9,11,17-19H,4,7,10H2,1-2H3,(H,25,31)/t17-,18-,19-,24-/m1/s1. The lowest BCUT2D eigenvalue weighted by Crippen LogP contribution is -2.54. The molecule has 0 aliphatic carbocycles. The van der Waals surface area contributed by atoms with E-state index >= 15 is 0 Å². The van der Waals surface area contributed by atoms with Crippen molar-refractivity contribution in [3.05, 3.63) is 63.2 Å². The number of imide groups is 1. The highest BCUT2D eigenvalue weighted by Gasteiger charge is 2.74. The van der Waals surface area contributed by atoms with E-state index in [9.17, 15) is 24.5 Å². The van der Waals surface area contributed by atoms with E-state index in [-0.39, 0.29) is 23.5 Å². The molecule has 0 radical (unpaired) electrons. The van der Waals surface area contributed by atoms with Crippen LogP contribution in [0.25, 0.3) is 0 Å². The summed E-state index contributed by atoms with van der Waals surface area (Å²) in [4.78, 5) is 55.3. The topological polar surface area (TPSA) is 113 Å². The number of amides is 3. The number of nitrogens with one attached hydrogen (secondary N) is 1. The average molecular weight is 446 g/mol. The molecule has 9 heteroatoms. The molecule has 9 nitrogen and oxygen atoms in total.